The summed E-state index contributed by atoms with van der Waals surface area (Å²) in [5, 5.41) is 0. The second-order valence-corrected chi connectivity index (χ2v) is 3.79. The van der Waals surface area contributed by atoms with Gasteiger partial charge in [-0.2, -0.15) is 0 Å². The highest BCUT2D eigenvalue weighted by Crippen LogP contribution is 2.20. The molecule has 1 aliphatic heterocycles. The minimum atomic E-state index is 0.187. The first kappa shape index (κ1) is 8.16. The molecular weight excluding hydrogens is 145 g/mol. The minimum Gasteiger partial charge on any atom is -0.302 e. The summed E-state index contributed by atoms with van der Waals surface area (Å²) in [6.07, 6.45) is 3.28. The number of nitrogens with zero attached hydrogens (tertiary/aromatic N) is 1. The second-order valence-electron chi connectivity index (χ2n) is 2.82. The molecule has 0 amide bonds. The summed E-state index contributed by atoms with van der Waals surface area (Å²) in [5.74, 6) is 0.442. The Morgan fingerprint density at radius 2 is 2.50 bits per heavy atom. The van der Waals surface area contributed by atoms with Gasteiger partial charge < -0.3 is 4.79 Å². The van der Waals surface area contributed by atoms with Gasteiger partial charge in [0.2, 0.25) is 0 Å². The highest BCUT2D eigenvalue weighted by Gasteiger charge is 2.25. The average Bonchev–Trinajstić information content (AvgIpc) is 2.33. The summed E-state index contributed by atoms with van der Waals surface area (Å²) in [7, 11) is 2.72. The van der Waals surface area contributed by atoms with E-state index in [0.29, 0.717) is 5.78 Å². The SMILES string of the molecule is C[C@H](P)N1CCC[C@H]1C=O. The number of carbonyl (C=O) groups is 1. The predicted octanol–water partition coefficient (Wildman–Crippen LogP) is 0.871. The molecule has 0 spiro atoms. The number of hydrogen-bond acceptors (Lipinski definition) is 2. The minimum absolute atomic E-state index is 0.187. The van der Waals surface area contributed by atoms with Gasteiger partial charge in [-0.1, -0.05) is 0 Å². The molecule has 0 aromatic rings. The topological polar surface area (TPSA) is 20.3 Å². The lowest BCUT2D eigenvalue weighted by atomic mass is 10.2. The van der Waals surface area contributed by atoms with Crippen LogP contribution in [-0.2, 0) is 4.79 Å². The van der Waals surface area contributed by atoms with Crippen molar-refractivity contribution in [2.45, 2.75) is 31.6 Å². The fraction of sp³-hybridized carbons (Fsp3) is 0.857. The molecule has 1 heterocycles. The van der Waals surface area contributed by atoms with Crippen LogP contribution in [0.25, 0.3) is 0 Å². The molecule has 0 aromatic carbocycles. The predicted molar refractivity (Wildman–Crippen MR) is 45.0 cm³/mol. The van der Waals surface area contributed by atoms with Crippen molar-refractivity contribution in [1.29, 1.82) is 0 Å². The Balaban J connectivity index is 2.49. The number of carbonyl (C=O) groups excluding carboxylic acids is 1. The normalized spacial score (nSPS) is 30.4. The van der Waals surface area contributed by atoms with Crippen LogP contribution in [0.2, 0.25) is 0 Å². The Morgan fingerprint density at radius 3 is 2.90 bits per heavy atom. The van der Waals surface area contributed by atoms with E-state index in [2.05, 4.69) is 21.1 Å². The fourth-order valence-electron chi connectivity index (χ4n) is 1.47. The zero-order valence-electron chi connectivity index (χ0n) is 6.29. The maximum atomic E-state index is 10.5. The van der Waals surface area contributed by atoms with Crippen LogP contribution in [0.1, 0.15) is 19.8 Å². The van der Waals surface area contributed by atoms with Crippen molar-refractivity contribution >= 4 is 15.5 Å². The molecule has 10 heavy (non-hydrogen) atoms. The van der Waals surface area contributed by atoms with Crippen molar-refractivity contribution in [3.8, 4) is 0 Å². The van der Waals surface area contributed by atoms with Crippen LogP contribution < -0.4 is 0 Å². The van der Waals surface area contributed by atoms with E-state index in [1.165, 1.54) is 6.42 Å². The van der Waals surface area contributed by atoms with Crippen LogP contribution in [0.3, 0.4) is 0 Å². The molecule has 1 saturated heterocycles. The van der Waals surface area contributed by atoms with Gasteiger partial charge in [0.15, 0.2) is 0 Å². The fourth-order valence-corrected chi connectivity index (χ4v) is 1.84. The first-order chi connectivity index (χ1) is 4.75. The third-order valence-electron chi connectivity index (χ3n) is 2.02. The smallest absolute Gasteiger partial charge is 0.137 e. The van der Waals surface area contributed by atoms with Crippen LogP contribution in [-0.4, -0.2) is 29.6 Å². The third kappa shape index (κ3) is 1.56. The zero-order chi connectivity index (χ0) is 7.56. The standard InChI is InChI=1S/C7H14NOP/c1-6(10)8-4-2-3-7(8)5-9/h5-7H,2-4,10H2,1H3/t6-,7-/m0/s1. The van der Waals surface area contributed by atoms with E-state index >= 15 is 0 Å². The Hall–Kier alpha value is 0.0600. The van der Waals surface area contributed by atoms with Crippen LogP contribution in [0, 0.1) is 0 Å². The maximum Gasteiger partial charge on any atom is 0.137 e. The first-order valence-electron chi connectivity index (χ1n) is 3.72. The Morgan fingerprint density at radius 1 is 1.80 bits per heavy atom. The molecule has 0 aromatic heterocycles. The number of likely N-dealkylation sites (tertiary alicyclic amines) is 1. The van der Waals surface area contributed by atoms with Crippen LogP contribution in [0.5, 0.6) is 0 Å². The second kappa shape index (κ2) is 3.45. The van der Waals surface area contributed by atoms with E-state index < -0.39 is 0 Å². The zero-order valence-corrected chi connectivity index (χ0v) is 7.44. The molecule has 3 heteroatoms. The average molecular weight is 159 g/mol. The highest BCUT2D eigenvalue weighted by molar-refractivity contribution is 7.17. The lowest BCUT2D eigenvalue weighted by molar-refractivity contribution is -0.111. The van der Waals surface area contributed by atoms with Crippen LogP contribution in [0.15, 0.2) is 0 Å². The van der Waals surface area contributed by atoms with E-state index in [4.69, 9.17) is 0 Å². The lowest BCUT2D eigenvalue weighted by Gasteiger charge is -2.23. The van der Waals surface area contributed by atoms with Crippen molar-refractivity contribution in [3.05, 3.63) is 0 Å². The molecule has 1 unspecified atom stereocenters. The van der Waals surface area contributed by atoms with E-state index in [9.17, 15) is 4.79 Å². The number of aldehydes is 1. The summed E-state index contributed by atoms with van der Waals surface area (Å²) in [6, 6.07) is 0.187. The molecule has 0 saturated carbocycles. The van der Waals surface area contributed by atoms with Crippen LogP contribution >= 0.6 is 9.24 Å². The van der Waals surface area contributed by atoms with Gasteiger partial charge in [0.25, 0.3) is 0 Å². The van der Waals surface area contributed by atoms with Gasteiger partial charge in [-0.05, 0) is 26.3 Å². The van der Waals surface area contributed by atoms with Crippen LogP contribution in [0.4, 0.5) is 0 Å². The van der Waals surface area contributed by atoms with E-state index in [1.807, 2.05) is 0 Å². The van der Waals surface area contributed by atoms with Gasteiger partial charge in [0, 0.05) is 5.78 Å². The molecule has 58 valence electrons. The summed E-state index contributed by atoms with van der Waals surface area (Å²) in [4.78, 5) is 12.7. The van der Waals surface area contributed by atoms with Gasteiger partial charge in [0.05, 0.1) is 6.04 Å². The van der Waals surface area contributed by atoms with E-state index in [1.54, 1.807) is 0 Å². The summed E-state index contributed by atoms with van der Waals surface area (Å²) >= 11 is 0. The van der Waals surface area contributed by atoms with Gasteiger partial charge in [0.1, 0.15) is 6.29 Å². The highest BCUT2D eigenvalue weighted by atomic mass is 31.0. The molecule has 0 bridgehead atoms. The maximum absolute atomic E-state index is 10.5. The van der Waals surface area contributed by atoms with E-state index in [-0.39, 0.29) is 6.04 Å². The molecule has 0 aliphatic carbocycles. The third-order valence-corrected chi connectivity index (χ3v) is 2.41. The molecule has 0 N–H and O–H groups in total. The molecule has 1 fully saturated rings. The van der Waals surface area contributed by atoms with Crippen molar-refractivity contribution in [2.24, 2.45) is 0 Å². The summed E-state index contributed by atoms with van der Waals surface area (Å²) < 4.78 is 0. The quantitative estimate of drug-likeness (QED) is 0.440. The van der Waals surface area contributed by atoms with E-state index in [0.717, 1.165) is 19.3 Å². The van der Waals surface area contributed by atoms with Crippen molar-refractivity contribution in [3.63, 3.8) is 0 Å². The van der Waals surface area contributed by atoms with Crippen molar-refractivity contribution < 1.29 is 4.79 Å². The first-order valence-corrected chi connectivity index (χ1v) is 4.39. The van der Waals surface area contributed by atoms with Gasteiger partial charge >= 0.3 is 0 Å². The molecule has 0 radical (unpaired) electrons. The Labute approximate surface area is 64.2 Å². The largest absolute Gasteiger partial charge is 0.302 e. The number of rotatable bonds is 2. The van der Waals surface area contributed by atoms with Gasteiger partial charge in [-0.3, -0.25) is 4.90 Å². The molecule has 1 aliphatic rings. The van der Waals surface area contributed by atoms with Crippen molar-refractivity contribution in [2.75, 3.05) is 6.54 Å². The van der Waals surface area contributed by atoms with Crippen molar-refractivity contribution in [1.82, 2.24) is 4.90 Å². The molecular formula is C7H14NOP. The summed E-state index contributed by atoms with van der Waals surface area (Å²) in [6.45, 7) is 3.18. The molecule has 3 atom stereocenters. The molecule has 1 rings (SSSR count). The lowest BCUT2D eigenvalue weighted by Crippen LogP contribution is -2.34. The monoisotopic (exact) mass is 159 g/mol. The van der Waals surface area contributed by atoms with Gasteiger partial charge in [-0.25, -0.2) is 0 Å². The Bertz CT molecular complexity index is 127. The van der Waals surface area contributed by atoms with Gasteiger partial charge in [-0.15, -0.1) is 9.24 Å². The number of hydrogen-bond donors (Lipinski definition) is 0. The molecule has 2 nitrogen and oxygen atoms in total. The Kier molecular flexibility index (Phi) is 2.82. The summed E-state index contributed by atoms with van der Waals surface area (Å²) in [5.41, 5.74) is 0.